The molecule has 1 aliphatic heterocycles. The van der Waals surface area contributed by atoms with Crippen molar-refractivity contribution in [1.82, 2.24) is 4.90 Å². The van der Waals surface area contributed by atoms with E-state index in [0.29, 0.717) is 18.7 Å². The normalized spacial score (nSPS) is 24.1. The lowest BCUT2D eigenvalue weighted by Crippen LogP contribution is -2.50. The number of phenolic OH excluding ortho intramolecular Hbond substituents is 2. The molecule has 1 heterocycles. The number of aromatic hydroxyl groups is 2. The molecule has 1 fully saturated rings. The van der Waals surface area contributed by atoms with Gasteiger partial charge in [-0.1, -0.05) is 6.07 Å². The van der Waals surface area contributed by atoms with Gasteiger partial charge in [-0.15, -0.1) is 0 Å². The Morgan fingerprint density at radius 3 is 2.53 bits per heavy atom. The Labute approximate surface area is 113 Å². The van der Waals surface area contributed by atoms with E-state index in [2.05, 4.69) is 4.90 Å². The summed E-state index contributed by atoms with van der Waals surface area (Å²) in [6.07, 6.45) is -0.0100. The summed E-state index contributed by atoms with van der Waals surface area (Å²) in [5.74, 6) is 0.243. The molecular formula is C14H22N2O3. The van der Waals surface area contributed by atoms with Crippen LogP contribution in [0, 0.1) is 0 Å². The summed E-state index contributed by atoms with van der Waals surface area (Å²) < 4.78 is 5.62. The van der Waals surface area contributed by atoms with Gasteiger partial charge in [-0.2, -0.15) is 0 Å². The summed E-state index contributed by atoms with van der Waals surface area (Å²) in [6, 6.07) is 4.70. The fraction of sp³-hybridized carbons (Fsp3) is 0.571. The van der Waals surface area contributed by atoms with Gasteiger partial charge in [0.1, 0.15) is 11.5 Å². The summed E-state index contributed by atoms with van der Waals surface area (Å²) in [7, 11) is 0. The molecule has 0 spiro atoms. The SMILES string of the molecule is CC(N)C1CN(C(C)c2c(O)cccc2O)CCO1. The molecule has 3 atom stereocenters. The summed E-state index contributed by atoms with van der Waals surface area (Å²) >= 11 is 0. The molecule has 1 aliphatic rings. The maximum absolute atomic E-state index is 9.92. The number of morpholine rings is 1. The van der Waals surface area contributed by atoms with Crippen molar-refractivity contribution in [1.29, 1.82) is 0 Å². The molecule has 0 amide bonds. The lowest BCUT2D eigenvalue weighted by Gasteiger charge is -2.38. The molecule has 0 saturated carbocycles. The Morgan fingerprint density at radius 2 is 1.95 bits per heavy atom. The van der Waals surface area contributed by atoms with Crippen molar-refractivity contribution >= 4 is 0 Å². The monoisotopic (exact) mass is 266 g/mol. The van der Waals surface area contributed by atoms with Gasteiger partial charge in [-0.05, 0) is 26.0 Å². The smallest absolute Gasteiger partial charge is 0.124 e. The van der Waals surface area contributed by atoms with Crippen molar-refractivity contribution in [3.63, 3.8) is 0 Å². The number of benzene rings is 1. The van der Waals surface area contributed by atoms with E-state index in [1.54, 1.807) is 18.2 Å². The number of rotatable bonds is 3. The van der Waals surface area contributed by atoms with E-state index in [9.17, 15) is 10.2 Å². The molecule has 5 heteroatoms. The second-order valence-corrected chi connectivity index (χ2v) is 5.15. The fourth-order valence-electron chi connectivity index (χ4n) is 2.52. The Hall–Kier alpha value is -1.30. The van der Waals surface area contributed by atoms with Gasteiger partial charge in [0.05, 0.1) is 18.3 Å². The number of phenols is 2. The van der Waals surface area contributed by atoms with Gasteiger partial charge in [0.2, 0.25) is 0 Å². The first-order chi connectivity index (χ1) is 9.00. The molecule has 0 aromatic heterocycles. The molecule has 2 rings (SSSR count). The van der Waals surface area contributed by atoms with Crippen molar-refractivity contribution in [3.05, 3.63) is 23.8 Å². The van der Waals surface area contributed by atoms with Crippen LogP contribution in [0.4, 0.5) is 0 Å². The molecule has 4 N–H and O–H groups in total. The number of nitrogens with two attached hydrogens (primary N) is 1. The van der Waals surface area contributed by atoms with E-state index in [1.165, 1.54) is 0 Å². The Kier molecular flexibility index (Phi) is 4.29. The minimum atomic E-state index is -0.0775. The second-order valence-electron chi connectivity index (χ2n) is 5.15. The standard InChI is InChI=1S/C14H22N2O3/c1-9(15)13-8-16(6-7-19-13)10(2)14-11(17)4-3-5-12(14)18/h3-5,9-10,13,17-18H,6-8,15H2,1-2H3. The van der Waals surface area contributed by atoms with Gasteiger partial charge in [0.25, 0.3) is 0 Å². The first-order valence-corrected chi connectivity index (χ1v) is 6.62. The molecule has 19 heavy (non-hydrogen) atoms. The quantitative estimate of drug-likeness (QED) is 0.766. The van der Waals surface area contributed by atoms with E-state index >= 15 is 0 Å². The highest BCUT2D eigenvalue weighted by molar-refractivity contribution is 5.45. The van der Waals surface area contributed by atoms with Crippen molar-refractivity contribution in [3.8, 4) is 11.5 Å². The molecule has 106 valence electrons. The second kappa shape index (κ2) is 5.77. The molecule has 0 radical (unpaired) electrons. The molecule has 1 saturated heterocycles. The molecule has 5 nitrogen and oxygen atoms in total. The third kappa shape index (κ3) is 3.00. The zero-order chi connectivity index (χ0) is 14.0. The van der Waals surface area contributed by atoms with Crippen LogP contribution in [-0.4, -0.2) is 47.0 Å². The summed E-state index contributed by atoms with van der Waals surface area (Å²) in [6.45, 7) is 5.98. The maximum atomic E-state index is 9.92. The zero-order valence-corrected chi connectivity index (χ0v) is 11.4. The average Bonchev–Trinajstić information content (AvgIpc) is 2.38. The Bertz CT molecular complexity index is 416. The minimum Gasteiger partial charge on any atom is -0.507 e. The van der Waals surface area contributed by atoms with E-state index in [-0.39, 0.29) is 29.7 Å². The fourth-order valence-corrected chi connectivity index (χ4v) is 2.52. The molecule has 1 aromatic carbocycles. The molecule has 0 aliphatic carbocycles. The Morgan fingerprint density at radius 1 is 1.32 bits per heavy atom. The van der Waals surface area contributed by atoms with Crippen LogP contribution in [0.25, 0.3) is 0 Å². The van der Waals surface area contributed by atoms with Gasteiger partial charge in [-0.25, -0.2) is 0 Å². The first-order valence-electron chi connectivity index (χ1n) is 6.62. The van der Waals surface area contributed by atoms with Crippen LogP contribution in [0.1, 0.15) is 25.5 Å². The number of ether oxygens (including phenoxy) is 1. The van der Waals surface area contributed by atoms with Crippen LogP contribution in [-0.2, 0) is 4.74 Å². The van der Waals surface area contributed by atoms with Crippen molar-refractivity contribution in [2.75, 3.05) is 19.7 Å². The van der Waals surface area contributed by atoms with Gasteiger partial charge in [-0.3, -0.25) is 4.90 Å². The van der Waals surface area contributed by atoms with Crippen LogP contribution < -0.4 is 5.73 Å². The van der Waals surface area contributed by atoms with Gasteiger partial charge < -0.3 is 20.7 Å². The van der Waals surface area contributed by atoms with Gasteiger partial charge >= 0.3 is 0 Å². The predicted octanol–water partition coefficient (Wildman–Crippen LogP) is 1.21. The van der Waals surface area contributed by atoms with E-state index in [4.69, 9.17) is 10.5 Å². The molecule has 3 unspecified atom stereocenters. The van der Waals surface area contributed by atoms with Crippen LogP contribution in [0.2, 0.25) is 0 Å². The summed E-state index contributed by atoms with van der Waals surface area (Å²) in [4.78, 5) is 2.17. The van der Waals surface area contributed by atoms with Gasteiger partial charge in [0, 0.05) is 25.2 Å². The largest absolute Gasteiger partial charge is 0.507 e. The third-order valence-electron chi connectivity index (χ3n) is 3.74. The van der Waals surface area contributed by atoms with Crippen LogP contribution >= 0.6 is 0 Å². The summed E-state index contributed by atoms with van der Waals surface area (Å²) in [5, 5.41) is 19.8. The third-order valence-corrected chi connectivity index (χ3v) is 3.74. The molecular weight excluding hydrogens is 244 g/mol. The van der Waals surface area contributed by atoms with Crippen LogP contribution in [0.15, 0.2) is 18.2 Å². The van der Waals surface area contributed by atoms with Crippen LogP contribution in [0.3, 0.4) is 0 Å². The van der Waals surface area contributed by atoms with Crippen molar-refractivity contribution in [2.24, 2.45) is 5.73 Å². The minimum absolute atomic E-state index is 0.0100. The highest BCUT2D eigenvalue weighted by Crippen LogP contribution is 2.36. The average molecular weight is 266 g/mol. The highest BCUT2D eigenvalue weighted by Gasteiger charge is 2.29. The first kappa shape index (κ1) is 14.1. The van der Waals surface area contributed by atoms with Crippen LogP contribution in [0.5, 0.6) is 11.5 Å². The number of nitrogens with zero attached hydrogens (tertiary/aromatic N) is 1. The maximum Gasteiger partial charge on any atom is 0.124 e. The Balaban J connectivity index is 2.17. The van der Waals surface area contributed by atoms with E-state index in [0.717, 1.165) is 6.54 Å². The molecule has 0 bridgehead atoms. The predicted molar refractivity (Wildman–Crippen MR) is 73.1 cm³/mol. The van der Waals surface area contributed by atoms with E-state index < -0.39 is 0 Å². The zero-order valence-electron chi connectivity index (χ0n) is 11.4. The summed E-state index contributed by atoms with van der Waals surface area (Å²) in [5.41, 5.74) is 6.44. The topological polar surface area (TPSA) is 79.0 Å². The lowest BCUT2D eigenvalue weighted by molar-refractivity contribution is -0.0502. The number of hydrogen-bond donors (Lipinski definition) is 3. The number of hydrogen-bond acceptors (Lipinski definition) is 5. The van der Waals surface area contributed by atoms with E-state index in [1.807, 2.05) is 13.8 Å². The van der Waals surface area contributed by atoms with Crippen molar-refractivity contribution in [2.45, 2.75) is 32.0 Å². The van der Waals surface area contributed by atoms with Crippen molar-refractivity contribution < 1.29 is 14.9 Å². The highest BCUT2D eigenvalue weighted by atomic mass is 16.5. The lowest BCUT2D eigenvalue weighted by atomic mass is 10.0. The van der Waals surface area contributed by atoms with Gasteiger partial charge in [0.15, 0.2) is 0 Å². The molecule has 1 aromatic rings.